The molecule has 1 aliphatic heterocycles. The van der Waals surface area contributed by atoms with Gasteiger partial charge >= 0.3 is 18.3 Å². The predicted molar refractivity (Wildman–Crippen MR) is 149 cm³/mol. The van der Waals surface area contributed by atoms with Crippen molar-refractivity contribution in [3.63, 3.8) is 0 Å². The summed E-state index contributed by atoms with van der Waals surface area (Å²) in [4.78, 5) is 38.8. The topological polar surface area (TPSA) is 141 Å². The van der Waals surface area contributed by atoms with Crippen LogP contribution in [0.3, 0.4) is 0 Å². The number of H-pyrrole nitrogens is 1. The standard InChI is InChI=1S/C26H34N3O8PS/c1-6-26(33)15-20(36-24(26)29-13-12-22(30)27-25(29)32)16-34-38(39,37-19-10-8-7-9-11-19)28-21(14-17(2)3)23(31)35-18(4)5/h1,7-13,17-18,20-21,24,33H,14-16H2,2-5H3,(H,28,39)(H,27,30,32). The van der Waals surface area contributed by atoms with Gasteiger partial charge in [0.15, 0.2) is 11.8 Å². The van der Waals surface area contributed by atoms with Gasteiger partial charge in [0.1, 0.15) is 11.8 Å². The van der Waals surface area contributed by atoms with Crippen LogP contribution in [0.25, 0.3) is 0 Å². The monoisotopic (exact) mass is 579 g/mol. The zero-order chi connectivity index (χ0) is 28.8. The van der Waals surface area contributed by atoms with Gasteiger partial charge in [-0.25, -0.2) is 9.88 Å². The fourth-order valence-corrected chi connectivity index (χ4v) is 6.35. The lowest BCUT2D eigenvalue weighted by Crippen LogP contribution is -2.41. The molecule has 212 valence electrons. The minimum Gasteiger partial charge on any atom is -0.462 e. The number of para-hydroxylation sites is 1. The Balaban J connectivity index is 1.84. The van der Waals surface area contributed by atoms with E-state index in [1.54, 1.807) is 38.1 Å². The Labute approximate surface area is 232 Å². The van der Waals surface area contributed by atoms with Gasteiger partial charge in [0.25, 0.3) is 5.56 Å². The van der Waals surface area contributed by atoms with Gasteiger partial charge < -0.3 is 23.6 Å². The molecule has 39 heavy (non-hydrogen) atoms. The van der Waals surface area contributed by atoms with Gasteiger partial charge in [-0.15, -0.1) is 6.42 Å². The van der Waals surface area contributed by atoms with Gasteiger partial charge in [-0.05, 0) is 50.1 Å². The molecule has 0 bridgehead atoms. The zero-order valence-corrected chi connectivity index (χ0v) is 23.9. The maximum Gasteiger partial charge on any atom is 0.330 e. The molecule has 1 aromatic carbocycles. The number of rotatable bonds is 12. The fraction of sp³-hybridized carbons (Fsp3) is 0.500. The van der Waals surface area contributed by atoms with Gasteiger partial charge in [-0.1, -0.05) is 38.0 Å². The lowest BCUT2D eigenvalue weighted by molar-refractivity contribution is -0.150. The molecule has 1 aliphatic rings. The van der Waals surface area contributed by atoms with Crippen molar-refractivity contribution in [1.82, 2.24) is 14.6 Å². The van der Waals surface area contributed by atoms with Crippen molar-refractivity contribution in [2.45, 2.75) is 70.6 Å². The summed E-state index contributed by atoms with van der Waals surface area (Å²) < 4.78 is 24.5. The molecule has 5 unspecified atom stereocenters. The summed E-state index contributed by atoms with van der Waals surface area (Å²) in [6, 6.07) is 9.09. The smallest absolute Gasteiger partial charge is 0.330 e. The van der Waals surface area contributed by atoms with Crippen molar-refractivity contribution in [3.8, 4) is 18.1 Å². The number of aromatic amines is 1. The van der Waals surface area contributed by atoms with Crippen LogP contribution in [-0.2, 0) is 30.6 Å². The quantitative estimate of drug-likeness (QED) is 0.195. The molecule has 11 nitrogen and oxygen atoms in total. The first-order valence-corrected chi connectivity index (χ1v) is 15.1. The van der Waals surface area contributed by atoms with E-state index in [-0.39, 0.29) is 25.0 Å². The summed E-state index contributed by atoms with van der Waals surface area (Å²) >= 11 is 5.82. The molecule has 0 saturated carbocycles. The van der Waals surface area contributed by atoms with Gasteiger partial charge in [0.05, 0.1) is 18.8 Å². The first kappa shape index (κ1) is 30.8. The predicted octanol–water partition coefficient (Wildman–Crippen LogP) is 2.46. The Morgan fingerprint density at radius 2 is 2.00 bits per heavy atom. The number of carbonyl (C=O) groups excluding carboxylic acids is 1. The van der Waals surface area contributed by atoms with Crippen molar-refractivity contribution < 1.29 is 28.4 Å². The Morgan fingerprint density at radius 1 is 1.31 bits per heavy atom. The maximum absolute atomic E-state index is 12.9. The molecule has 0 amide bonds. The number of aromatic nitrogens is 2. The molecule has 1 aromatic heterocycles. The van der Waals surface area contributed by atoms with Crippen LogP contribution in [-0.4, -0.2) is 51.1 Å². The molecule has 5 atom stereocenters. The van der Waals surface area contributed by atoms with Gasteiger partial charge in [0.2, 0.25) is 0 Å². The highest BCUT2D eigenvalue weighted by molar-refractivity contribution is 8.09. The van der Waals surface area contributed by atoms with E-state index < -0.39 is 47.8 Å². The molecule has 1 fully saturated rings. The number of nitrogens with zero attached hydrogens (tertiary/aromatic N) is 1. The maximum atomic E-state index is 12.9. The number of benzene rings is 1. The number of terminal acetylenes is 1. The highest BCUT2D eigenvalue weighted by Crippen LogP contribution is 2.47. The van der Waals surface area contributed by atoms with Crippen LogP contribution >= 0.6 is 6.64 Å². The summed E-state index contributed by atoms with van der Waals surface area (Å²) in [5.41, 5.74) is -3.26. The zero-order valence-electron chi connectivity index (χ0n) is 22.2. The van der Waals surface area contributed by atoms with E-state index >= 15 is 0 Å². The van der Waals surface area contributed by atoms with Gasteiger partial charge in [0, 0.05) is 18.7 Å². The van der Waals surface area contributed by atoms with E-state index in [1.807, 2.05) is 19.9 Å². The molecule has 0 spiro atoms. The molecular formula is C26H34N3O8PS. The number of hydrogen-bond donors (Lipinski definition) is 3. The second-order valence-electron chi connectivity index (χ2n) is 9.90. The second-order valence-corrected chi connectivity index (χ2v) is 13.0. The summed E-state index contributed by atoms with van der Waals surface area (Å²) in [5, 5.41) is 14.1. The highest BCUT2D eigenvalue weighted by atomic mass is 32.5. The average Bonchev–Trinajstić information content (AvgIpc) is 3.19. The van der Waals surface area contributed by atoms with E-state index in [4.69, 9.17) is 36.8 Å². The molecule has 3 rings (SSSR count). The summed E-state index contributed by atoms with van der Waals surface area (Å²) in [5.74, 6) is 2.36. The van der Waals surface area contributed by atoms with Crippen LogP contribution in [0, 0.1) is 18.3 Å². The molecule has 2 aromatic rings. The lowest BCUT2D eigenvalue weighted by Gasteiger charge is -2.29. The molecule has 2 heterocycles. The minimum atomic E-state index is -3.41. The SMILES string of the molecule is C#CC1(O)CC(COP(=S)(NC(CC(C)C)C(=O)OC(C)C)Oc2ccccc2)OC1n1ccc(=O)[nH]c1=O. The lowest BCUT2D eigenvalue weighted by atomic mass is 9.99. The number of esters is 1. The van der Waals surface area contributed by atoms with Crippen molar-refractivity contribution >= 4 is 24.4 Å². The first-order valence-electron chi connectivity index (χ1n) is 12.5. The van der Waals surface area contributed by atoms with E-state index in [2.05, 4.69) is 16.0 Å². The Kier molecular flexibility index (Phi) is 10.3. The van der Waals surface area contributed by atoms with Crippen LogP contribution < -0.4 is 20.9 Å². The van der Waals surface area contributed by atoms with Crippen molar-refractivity contribution in [2.75, 3.05) is 6.61 Å². The molecule has 1 saturated heterocycles. The number of ether oxygens (including phenoxy) is 2. The Hall–Kier alpha value is -2.78. The van der Waals surface area contributed by atoms with Gasteiger partial charge in [-0.3, -0.25) is 19.1 Å². The first-order chi connectivity index (χ1) is 18.3. The molecule has 13 heteroatoms. The fourth-order valence-electron chi connectivity index (χ4n) is 4.00. The van der Waals surface area contributed by atoms with Crippen LogP contribution in [0.5, 0.6) is 5.75 Å². The average molecular weight is 580 g/mol. The van der Waals surface area contributed by atoms with E-state index in [1.165, 1.54) is 6.20 Å². The molecule has 0 aliphatic carbocycles. The van der Waals surface area contributed by atoms with E-state index in [9.17, 15) is 19.5 Å². The number of aliphatic hydroxyl groups is 1. The largest absolute Gasteiger partial charge is 0.462 e. The summed E-state index contributed by atoms with van der Waals surface area (Å²) in [6.07, 6.45) is 4.70. The van der Waals surface area contributed by atoms with Crippen LogP contribution in [0.15, 0.2) is 52.2 Å². The van der Waals surface area contributed by atoms with Crippen LogP contribution in [0.1, 0.15) is 46.8 Å². The molecule has 0 radical (unpaired) electrons. The second kappa shape index (κ2) is 13.0. The van der Waals surface area contributed by atoms with Gasteiger partial charge in [-0.2, -0.15) is 0 Å². The molecular weight excluding hydrogens is 545 g/mol. The van der Waals surface area contributed by atoms with E-state index in [0.717, 1.165) is 10.6 Å². The normalized spacial score (nSPS) is 23.2. The van der Waals surface area contributed by atoms with Crippen molar-refractivity contribution in [2.24, 2.45) is 5.92 Å². The molecule has 3 N–H and O–H groups in total. The Morgan fingerprint density at radius 3 is 2.59 bits per heavy atom. The number of carbonyl (C=O) groups is 1. The summed E-state index contributed by atoms with van der Waals surface area (Å²) in [7, 11) is 0. The minimum absolute atomic E-state index is 0.0920. The summed E-state index contributed by atoms with van der Waals surface area (Å²) in [6.45, 7) is 3.85. The third kappa shape index (κ3) is 8.35. The third-order valence-corrected chi connectivity index (χ3v) is 8.10. The number of nitrogens with one attached hydrogen (secondary N) is 2. The van der Waals surface area contributed by atoms with E-state index in [0.29, 0.717) is 12.2 Å². The van der Waals surface area contributed by atoms with Crippen molar-refractivity contribution in [1.29, 1.82) is 0 Å². The number of hydrogen-bond acceptors (Lipinski definition) is 9. The van der Waals surface area contributed by atoms with Crippen molar-refractivity contribution in [3.05, 3.63) is 63.4 Å². The highest BCUT2D eigenvalue weighted by Gasteiger charge is 2.48. The van der Waals surface area contributed by atoms with Crippen LogP contribution in [0.4, 0.5) is 0 Å². The Bertz CT molecular complexity index is 1340. The van der Waals surface area contributed by atoms with Crippen LogP contribution in [0.2, 0.25) is 0 Å². The third-order valence-electron chi connectivity index (χ3n) is 5.68.